The van der Waals surface area contributed by atoms with Crippen LogP contribution in [0.5, 0.6) is 11.5 Å². The zero-order chi connectivity index (χ0) is 19.9. The highest BCUT2D eigenvalue weighted by atomic mass is 19.3. The standard InChI is InChI=1S/C16H23F2N3O5/c1-5-20(9-15(22)19-10(2)3)8-11-6-13(25-4)14(26-16(17)18)7-12(11)21(23)24/h6-7,10,16H,5,8-9H2,1-4H3,(H,19,22). The molecule has 0 unspecified atom stereocenters. The van der Waals surface area contributed by atoms with Gasteiger partial charge in [0.1, 0.15) is 0 Å². The second-order valence-electron chi connectivity index (χ2n) is 5.79. The van der Waals surface area contributed by atoms with Gasteiger partial charge in [-0.15, -0.1) is 0 Å². The van der Waals surface area contributed by atoms with Crippen LogP contribution in [-0.2, 0) is 11.3 Å². The predicted molar refractivity (Wildman–Crippen MR) is 90.5 cm³/mol. The van der Waals surface area contributed by atoms with Gasteiger partial charge in [0.2, 0.25) is 5.91 Å². The lowest BCUT2D eigenvalue weighted by Gasteiger charge is -2.21. The minimum absolute atomic E-state index is 0.0265. The van der Waals surface area contributed by atoms with E-state index in [0.29, 0.717) is 6.54 Å². The maximum Gasteiger partial charge on any atom is 0.387 e. The molecule has 0 heterocycles. The molecule has 0 saturated heterocycles. The quantitative estimate of drug-likeness (QED) is 0.499. The lowest BCUT2D eigenvalue weighted by molar-refractivity contribution is -0.385. The first kappa shape index (κ1) is 21.6. The number of benzene rings is 1. The maximum atomic E-state index is 12.5. The van der Waals surface area contributed by atoms with Gasteiger partial charge in [0, 0.05) is 18.2 Å². The molecule has 10 heteroatoms. The van der Waals surface area contributed by atoms with Crippen LogP contribution in [0.15, 0.2) is 12.1 Å². The van der Waals surface area contributed by atoms with Gasteiger partial charge in [-0.2, -0.15) is 8.78 Å². The molecule has 146 valence electrons. The van der Waals surface area contributed by atoms with Crippen molar-refractivity contribution in [3.8, 4) is 11.5 Å². The van der Waals surface area contributed by atoms with E-state index in [2.05, 4.69) is 10.1 Å². The van der Waals surface area contributed by atoms with Crippen molar-refractivity contribution in [1.29, 1.82) is 0 Å². The van der Waals surface area contributed by atoms with Crippen molar-refractivity contribution in [2.75, 3.05) is 20.2 Å². The number of carbonyl (C=O) groups excluding carboxylic acids is 1. The minimum atomic E-state index is -3.14. The first-order valence-corrected chi connectivity index (χ1v) is 7.99. The monoisotopic (exact) mass is 375 g/mol. The number of ether oxygens (including phenoxy) is 2. The molecule has 0 aliphatic rings. The molecule has 26 heavy (non-hydrogen) atoms. The normalized spacial score (nSPS) is 11.1. The molecule has 0 fully saturated rings. The number of nitrogens with zero attached hydrogens (tertiary/aromatic N) is 2. The molecule has 0 aliphatic heterocycles. The van der Waals surface area contributed by atoms with Crippen LogP contribution < -0.4 is 14.8 Å². The summed E-state index contributed by atoms with van der Waals surface area (Å²) < 4.78 is 34.2. The minimum Gasteiger partial charge on any atom is -0.493 e. The Morgan fingerprint density at radius 2 is 2.00 bits per heavy atom. The van der Waals surface area contributed by atoms with Gasteiger partial charge in [-0.3, -0.25) is 19.8 Å². The Bertz CT molecular complexity index is 641. The van der Waals surface area contributed by atoms with E-state index in [0.717, 1.165) is 6.07 Å². The van der Waals surface area contributed by atoms with Gasteiger partial charge < -0.3 is 14.8 Å². The number of carbonyl (C=O) groups is 1. The Morgan fingerprint density at radius 3 is 2.46 bits per heavy atom. The molecule has 0 spiro atoms. The van der Waals surface area contributed by atoms with Gasteiger partial charge in [0.15, 0.2) is 11.5 Å². The molecule has 1 aromatic rings. The summed E-state index contributed by atoms with van der Waals surface area (Å²) in [4.78, 5) is 24.2. The average molecular weight is 375 g/mol. The van der Waals surface area contributed by atoms with Gasteiger partial charge >= 0.3 is 6.61 Å². The zero-order valence-corrected chi connectivity index (χ0v) is 15.1. The third-order valence-electron chi connectivity index (χ3n) is 3.44. The zero-order valence-electron chi connectivity index (χ0n) is 15.1. The number of hydrogen-bond donors (Lipinski definition) is 1. The number of likely N-dealkylation sites (N-methyl/N-ethyl adjacent to an activating group) is 1. The van der Waals surface area contributed by atoms with E-state index in [1.807, 2.05) is 13.8 Å². The van der Waals surface area contributed by atoms with Gasteiger partial charge in [-0.05, 0) is 26.5 Å². The highest BCUT2D eigenvalue weighted by Crippen LogP contribution is 2.36. The Hall–Kier alpha value is -2.49. The van der Waals surface area contributed by atoms with E-state index in [1.54, 1.807) is 11.8 Å². The van der Waals surface area contributed by atoms with Crippen LogP contribution in [-0.4, -0.2) is 48.6 Å². The maximum absolute atomic E-state index is 12.5. The van der Waals surface area contributed by atoms with Crippen LogP contribution >= 0.6 is 0 Å². The van der Waals surface area contributed by atoms with E-state index >= 15 is 0 Å². The summed E-state index contributed by atoms with van der Waals surface area (Å²) in [5, 5.41) is 14.1. The molecule has 1 amide bonds. The SMILES string of the molecule is CCN(CC(=O)NC(C)C)Cc1cc(OC)c(OC(F)F)cc1[N+](=O)[O-]. The Balaban J connectivity index is 3.12. The van der Waals surface area contributed by atoms with E-state index in [-0.39, 0.29) is 42.0 Å². The van der Waals surface area contributed by atoms with E-state index in [1.165, 1.54) is 13.2 Å². The highest BCUT2D eigenvalue weighted by molar-refractivity contribution is 5.78. The van der Waals surface area contributed by atoms with Gasteiger partial charge in [-0.25, -0.2) is 0 Å². The summed E-state index contributed by atoms with van der Waals surface area (Å²) >= 11 is 0. The molecule has 0 atom stereocenters. The molecule has 0 radical (unpaired) electrons. The molecular formula is C16H23F2N3O5. The molecule has 1 N–H and O–H groups in total. The lowest BCUT2D eigenvalue weighted by atomic mass is 10.1. The molecule has 0 bridgehead atoms. The molecule has 0 aliphatic carbocycles. The van der Waals surface area contributed by atoms with Crippen molar-refractivity contribution in [3.05, 3.63) is 27.8 Å². The number of hydrogen-bond acceptors (Lipinski definition) is 6. The Labute approximate surface area is 150 Å². The first-order chi connectivity index (χ1) is 12.2. The smallest absolute Gasteiger partial charge is 0.387 e. The van der Waals surface area contributed by atoms with Crippen molar-refractivity contribution < 1.29 is 28.0 Å². The highest BCUT2D eigenvalue weighted by Gasteiger charge is 2.23. The fourth-order valence-electron chi connectivity index (χ4n) is 2.33. The molecule has 8 nitrogen and oxygen atoms in total. The summed E-state index contributed by atoms with van der Waals surface area (Å²) in [5.41, 5.74) is -0.156. The Morgan fingerprint density at radius 1 is 1.35 bits per heavy atom. The van der Waals surface area contributed by atoms with Crippen molar-refractivity contribution in [3.63, 3.8) is 0 Å². The largest absolute Gasteiger partial charge is 0.493 e. The second-order valence-corrected chi connectivity index (χ2v) is 5.79. The van der Waals surface area contributed by atoms with Crippen molar-refractivity contribution in [2.24, 2.45) is 0 Å². The van der Waals surface area contributed by atoms with Crippen LogP contribution in [0.4, 0.5) is 14.5 Å². The van der Waals surface area contributed by atoms with E-state index in [9.17, 15) is 23.7 Å². The van der Waals surface area contributed by atoms with Crippen LogP contribution in [0, 0.1) is 10.1 Å². The third kappa shape index (κ3) is 6.43. The number of alkyl halides is 2. The predicted octanol–water partition coefficient (Wildman–Crippen LogP) is 2.55. The second kappa shape index (κ2) is 9.85. The van der Waals surface area contributed by atoms with Crippen molar-refractivity contribution in [2.45, 2.75) is 40.0 Å². The molecule has 1 rings (SSSR count). The topological polar surface area (TPSA) is 93.9 Å². The number of halogens is 2. The number of rotatable bonds is 10. The summed E-state index contributed by atoms with van der Waals surface area (Å²) in [5.74, 6) is -0.679. The van der Waals surface area contributed by atoms with Crippen molar-refractivity contribution >= 4 is 11.6 Å². The molecule has 0 aromatic heterocycles. The van der Waals surface area contributed by atoms with Crippen LogP contribution in [0.2, 0.25) is 0 Å². The Kier molecular flexibility index (Phi) is 8.17. The number of amides is 1. The van der Waals surface area contributed by atoms with Gasteiger partial charge in [0.05, 0.1) is 24.6 Å². The molecular weight excluding hydrogens is 352 g/mol. The average Bonchev–Trinajstić information content (AvgIpc) is 2.53. The number of nitro groups is 1. The summed E-state index contributed by atoms with van der Waals surface area (Å²) in [6, 6.07) is 2.16. The third-order valence-corrected chi connectivity index (χ3v) is 3.44. The number of nitrogens with one attached hydrogen (secondary N) is 1. The lowest BCUT2D eigenvalue weighted by Crippen LogP contribution is -2.39. The van der Waals surface area contributed by atoms with E-state index in [4.69, 9.17) is 4.74 Å². The number of nitro benzene ring substituents is 1. The van der Waals surface area contributed by atoms with Crippen molar-refractivity contribution in [1.82, 2.24) is 10.2 Å². The summed E-state index contributed by atoms with van der Waals surface area (Å²) in [6.45, 7) is 2.89. The summed E-state index contributed by atoms with van der Waals surface area (Å²) in [6.07, 6.45) is 0. The van der Waals surface area contributed by atoms with Gasteiger partial charge in [-0.1, -0.05) is 6.92 Å². The van der Waals surface area contributed by atoms with Crippen LogP contribution in [0.1, 0.15) is 26.3 Å². The van der Waals surface area contributed by atoms with Crippen LogP contribution in [0.3, 0.4) is 0 Å². The molecule has 1 aromatic carbocycles. The first-order valence-electron chi connectivity index (χ1n) is 7.99. The summed E-state index contributed by atoms with van der Waals surface area (Å²) in [7, 11) is 1.25. The van der Waals surface area contributed by atoms with Crippen LogP contribution in [0.25, 0.3) is 0 Å². The fourth-order valence-corrected chi connectivity index (χ4v) is 2.33. The van der Waals surface area contributed by atoms with Gasteiger partial charge in [0.25, 0.3) is 5.69 Å². The molecule has 0 saturated carbocycles. The van der Waals surface area contributed by atoms with E-state index < -0.39 is 17.3 Å². The fraction of sp³-hybridized carbons (Fsp3) is 0.562. The number of methoxy groups -OCH3 is 1.